The van der Waals surface area contributed by atoms with Gasteiger partial charge in [-0.3, -0.25) is 9.80 Å². The largest absolute Gasteiger partial charge is 0.374 e. The summed E-state index contributed by atoms with van der Waals surface area (Å²) in [5.74, 6) is 0.745. The summed E-state index contributed by atoms with van der Waals surface area (Å²) in [6.07, 6.45) is 6.01. The number of benzene rings is 1. The van der Waals surface area contributed by atoms with Crippen molar-refractivity contribution in [1.82, 2.24) is 9.80 Å². The molecule has 1 aromatic rings. The van der Waals surface area contributed by atoms with Crippen molar-refractivity contribution in [3.63, 3.8) is 0 Å². The Bertz CT molecular complexity index is 515. The average molecular weight is 318 g/mol. The van der Waals surface area contributed by atoms with Gasteiger partial charge in [-0.2, -0.15) is 0 Å². The van der Waals surface area contributed by atoms with Crippen LogP contribution in [0.5, 0.6) is 0 Å². The van der Waals surface area contributed by atoms with E-state index in [2.05, 4.69) is 9.80 Å². The van der Waals surface area contributed by atoms with Crippen LogP contribution >= 0.6 is 0 Å². The molecule has 23 heavy (non-hydrogen) atoms. The maximum absolute atomic E-state index is 13.0. The number of hydrogen-bond acceptors (Lipinski definition) is 3. The number of ether oxygens (including phenoxy) is 1. The second-order valence-corrected chi connectivity index (χ2v) is 7.44. The van der Waals surface area contributed by atoms with Crippen LogP contribution in [0.3, 0.4) is 0 Å². The molecule has 0 bridgehead atoms. The Morgan fingerprint density at radius 1 is 1.09 bits per heavy atom. The molecule has 2 aliphatic heterocycles. The molecule has 4 rings (SSSR count). The zero-order valence-corrected chi connectivity index (χ0v) is 13.8. The van der Waals surface area contributed by atoms with Gasteiger partial charge < -0.3 is 4.74 Å². The van der Waals surface area contributed by atoms with Gasteiger partial charge in [-0.1, -0.05) is 25.0 Å². The standard InChI is InChI=1S/C19H27FN2O/c20-17-7-5-16(6-8-17)11-21-13-18-19(14-21)23-10-9-22(18)12-15-3-1-2-4-15/h5-8,15,18-19H,1-4,9-14H2/t18-,19+/m1/s1. The van der Waals surface area contributed by atoms with E-state index in [0.717, 1.165) is 38.7 Å². The summed E-state index contributed by atoms with van der Waals surface area (Å²) < 4.78 is 19.1. The molecule has 0 amide bonds. The van der Waals surface area contributed by atoms with Crippen molar-refractivity contribution in [1.29, 1.82) is 0 Å². The molecule has 2 heterocycles. The van der Waals surface area contributed by atoms with Crippen molar-refractivity contribution in [2.45, 2.75) is 44.4 Å². The molecule has 3 aliphatic rings. The second kappa shape index (κ2) is 6.88. The lowest BCUT2D eigenvalue weighted by Gasteiger charge is -2.38. The first-order chi connectivity index (χ1) is 11.3. The molecule has 126 valence electrons. The van der Waals surface area contributed by atoms with Gasteiger partial charge in [-0.15, -0.1) is 0 Å². The van der Waals surface area contributed by atoms with Gasteiger partial charge in [0.15, 0.2) is 0 Å². The van der Waals surface area contributed by atoms with Gasteiger partial charge in [0.1, 0.15) is 5.82 Å². The van der Waals surface area contributed by atoms with Gasteiger partial charge in [0.25, 0.3) is 0 Å². The Hall–Kier alpha value is -0.970. The Morgan fingerprint density at radius 3 is 2.65 bits per heavy atom. The topological polar surface area (TPSA) is 15.7 Å². The summed E-state index contributed by atoms with van der Waals surface area (Å²) >= 11 is 0. The molecule has 4 heteroatoms. The first-order valence-corrected chi connectivity index (χ1v) is 9.10. The summed E-state index contributed by atoms with van der Waals surface area (Å²) in [5.41, 5.74) is 1.19. The van der Waals surface area contributed by atoms with Gasteiger partial charge in [0.2, 0.25) is 0 Å². The fourth-order valence-electron chi connectivity index (χ4n) is 4.56. The number of likely N-dealkylation sites (tertiary alicyclic amines) is 1. The van der Waals surface area contributed by atoms with Crippen molar-refractivity contribution in [2.24, 2.45) is 5.92 Å². The molecule has 1 saturated carbocycles. The molecule has 2 atom stereocenters. The van der Waals surface area contributed by atoms with Crippen LogP contribution in [0, 0.1) is 11.7 Å². The van der Waals surface area contributed by atoms with Gasteiger partial charge in [-0.25, -0.2) is 4.39 Å². The highest BCUT2D eigenvalue weighted by atomic mass is 19.1. The van der Waals surface area contributed by atoms with Crippen molar-refractivity contribution >= 4 is 0 Å². The van der Waals surface area contributed by atoms with E-state index in [4.69, 9.17) is 4.74 Å². The number of hydrogen-bond donors (Lipinski definition) is 0. The minimum atomic E-state index is -0.157. The molecule has 0 spiro atoms. The van der Waals surface area contributed by atoms with E-state index in [-0.39, 0.29) is 5.82 Å². The monoisotopic (exact) mass is 318 g/mol. The van der Waals surface area contributed by atoms with Crippen LogP contribution in [0.25, 0.3) is 0 Å². The molecule has 0 aromatic heterocycles. The molecule has 1 aliphatic carbocycles. The number of morpholine rings is 1. The highest BCUT2D eigenvalue weighted by molar-refractivity contribution is 5.16. The lowest BCUT2D eigenvalue weighted by Crippen LogP contribution is -2.51. The summed E-state index contributed by atoms with van der Waals surface area (Å²) in [5, 5.41) is 0. The Labute approximate surface area is 138 Å². The molecule has 0 unspecified atom stereocenters. The van der Waals surface area contributed by atoms with Crippen molar-refractivity contribution in [3.8, 4) is 0 Å². The summed E-state index contributed by atoms with van der Waals surface area (Å²) in [4.78, 5) is 5.16. The zero-order chi connectivity index (χ0) is 15.6. The molecular formula is C19H27FN2O. The van der Waals surface area contributed by atoms with Crippen molar-refractivity contribution in [3.05, 3.63) is 35.6 Å². The quantitative estimate of drug-likeness (QED) is 0.849. The first-order valence-electron chi connectivity index (χ1n) is 9.10. The van der Waals surface area contributed by atoms with E-state index in [1.54, 1.807) is 12.1 Å². The minimum Gasteiger partial charge on any atom is -0.374 e. The first kappa shape index (κ1) is 15.6. The zero-order valence-electron chi connectivity index (χ0n) is 13.8. The minimum absolute atomic E-state index is 0.157. The second-order valence-electron chi connectivity index (χ2n) is 7.44. The Balaban J connectivity index is 1.37. The van der Waals surface area contributed by atoms with Crippen LogP contribution < -0.4 is 0 Å². The van der Waals surface area contributed by atoms with Crippen LogP contribution in [0.4, 0.5) is 4.39 Å². The van der Waals surface area contributed by atoms with E-state index in [9.17, 15) is 4.39 Å². The third-order valence-electron chi connectivity index (χ3n) is 5.78. The number of rotatable bonds is 4. The number of halogens is 1. The maximum Gasteiger partial charge on any atom is 0.123 e. The highest BCUT2D eigenvalue weighted by Crippen LogP contribution is 2.30. The number of fused-ring (bicyclic) bond motifs is 1. The predicted molar refractivity (Wildman–Crippen MR) is 88.7 cm³/mol. The van der Waals surface area contributed by atoms with Crippen molar-refractivity contribution in [2.75, 3.05) is 32.8 Å². The van der Waals surface area contributed by atoms with Crippen LogP contribution in [-0.4, -0.2) is 54.7 Å². The summed E-state index contributed by atoms with van der Waals surface area (Å²) in [6.45, 7) is 6.20. The van der Waals surface area contributed by atoms with Crippen LogP contribution in [0.2, 0.25) is 0 Å². The molecule has 0 radical (unpaired) electrons. The highest BCUT2D eigenvalue weighted by Gasteiger charge is 2.40. The molecule has 0 N–H and O–H groups in total. The fraction of sp³-hybridized carbons (Fsp3) is 0.684. The lowest BCUT2D eigenvalue weighted by atomic mass is 10.0. The fourth-order valence-corrected chi connectivity index (χ4v) is 4.56. The SMILES string of the molecule is Fc1ccc(CN2C[C@@H]3OCCN(CC4CCCC4)[C@@H]3C2)cc1. The Kier molecular flexibility index (Phi) is 4.65. The maximum atomic E-state index is 13.0. The molecule has 3 nitrogen and oxygen atoms in total. The molecule has 3 fully saturated rings. The molecule has 1 aromatic carbocycles. The van der Waals surface area contributed by atoms with E-state index in [1.807, 2.05) is 12.1 Å². The van der Waals surface area contributed by atoms with Crippen molar-refractivity contribution < 1.29 is 9.13 Å². The normalized spacial score (nSPS) is 30.0. The van der Waals surface area contributed by atoms with E-state index < -0.39 is 0 Å². The average Bonchev–Trinajstić information content (AvgIpc) is 3.19. The smallest absolute Gasteiger partial charge is 0.123 e. The van der Waals surface area contributed by atoms with Gasteiger partial charge in [0.05, 0.1) is 12.7 Å². The van der Waals surface area contributed by atoms with E-state index >= 15 is 0 Å². The van der Waals surface area contributed by atoms with Crippen LogP contribution in [-0.2, 0) is 11.3 Å². The Morgan fingerprint density at radius 2 is 1.87 bits per heavy atom. The van der Waals surface area contributed by atoms with E-state index in [0.29, 0.717) is 12.1 Å². The predicted octanol–water partition coefficient (Wildman–Crippen LogP) is 2.90. The van der Waals surface area contributed by atoms with Gasteiger partial charge in [0, 0.05) is 38.8 Å². The third-order valence-corrected chi connectivity index (χ3v) is 5.78. The third kappa shape index (κ3) is 3.59. The lowest BCUT2D eigenvalue weighted by molar-refractivity contribution is -0.0517. The van der Waals surface area contributed by atoms with Crippen LogP contribution in [0.1, 0.15) is 31.2 Å². The van der Waals surface area contributed by atoms with Gasteiger partial charge in [-0.05, 0) is 36.5 Å². The molecule has 2 saturated heterocycles. The van der Waals surface area contributed by atoms with E-state index in [1.165, 1.54) is 37.8 Å². The molecular weight excluding hydrogens is 291 g/mol. The van der Waals surface area contributed by atoms with Crippen LogP contribution in [0.15, 0.2) is 24.3 Å². The summed E-state index contributed by atoms with van der Waals surface area (Å²) in [7, 11) is 0. The number of nitrogens with zero attached hydrogens (tertiary/aromatic N) is 2. The summed E-state index contributed by atoms with van der Waals surface area (Å²) in [6, 6.07) is 7.45. The van der Waals surface area contributed by atoms with Gasteiger partial charge >= 0.3 is 0 Å².